The zero-order valence-electron chi connectivity index (χ0n) is 15.0. The number of aromatic amines is 1. The maximum atomic E-state index is 11.1. The number of benzene rings is 1. The van der Waals surface area contributed by atoms with Gasteiger partial charge in [-0.3, -0.25) is 9.51 Å². The molecular weight excluding hydrogens is 370 g/mol. The maximum Gasteiger partial charge on any atom is 0.439 e. The Morgan fingerprint density at radius 1 is 1.30 bits per heavy atom. The molecule has 8 heteroatoms. The van der Waals surface area contributed by atoms with E-state index in [2.05, 4.69) is 19.6 Å². The molecule has 1 saturated carbocycles. The second-order valence-corrected chi connectivity index (χ2v) is 7.18. The lowest BCUT2D eigenvalue weighted by molar-refractivity contribution is 0.257. The summed E-state index contributed by atoms with van der Waals surface area (Å²) in [6, 6.07) is 5.13. The molecule has 1 aliphatic rings. The van der Waals surface area contributed by atoms with Crippen LogP contribution in [0.2, 0.25) is 5.02 Å². The zero-order chi connectivity index (χ0) is 18.8. The summed E-state index contributed by atoms with van der Waals surface area (Å²) in [7, 11) is 0. The second-order valence-electron chi connectivity index (χ2n) is 6.77. The van der Waals surface area contributed by atoms with Gasteiger partial charge < -0.3 is 9.15 Å². The van der Waals surface area contributed by atoms with Gasteiger partial charge in [-0.1, -0.05) is 36.0 Å². The van der Waals surface area contributed by atoms with E-state index in [0.717, 1.165) is 30.2 Å². The summed E-state index contributed by atoms with van der Waals surface area (Å²) in [6.45, 7) is 2.22. The van der Waals surface area contributed by atoms with Crippen LogP contribution in [0.15, 0.2) is 31.9 Å². The lowest BCUT2D eigenvalue weighted by atomic mass is 9.89. The zero-order valence-corrected chi connectivity index (χ0v) is 15.7. The predicted molar refractivity (Wildman–Crippen MR) is 99.0 cm³/mol. The quantitative estimate of drug-likeness (QED) is 0.684. The number of hydrogen-bond donors (Lipinski definition) is 1. The normalized spacial score (nSPS) is 15.2. The first kappa shape index (κ1) is 17.9. The average Bonchev–Trinajstić information content (AvgIpc) is 3.26. The fraction of sp³-hybridized carbons (Fsp3) is 0.421. The standard InChI is InChI=1S/C19H20ClN3O4/c1-11-16(26-18(21-11)12-5-3-2-4-6-12)10-25-13-7-8-14(15(20)9-13)17-22-19(24)27-23-17/h7-9,12H,2-6,10H2,1H3,(H,22,23,24). The van der Waals surface area contributed by atoms with Gasteiger partial charge >= 0.3 is 5.76 Å². The van der Waals surface area contributed by atoms with Crippen molar-refractivity contribution in [1.29, 1.82) is 0 Å². The van der Waals surface area contributed by atoms with Gasteiger partial charge in [0.1, 0.15) is 12.4 Å². The molecule has 0 bridgehead atoms. The smallest absolute Gasteiger partial charge is 0.439 e. The van der Waals surface area contributed by atoms with Crippen LogP contribution in [-0.2, 0) is 6.61 Å². The Labute approximate surface area is 160 Å². The molecule has 1 fully saturated rings. The Bertz CT molecular complexity index is 985. The van der Waals surface area contributed by atoms with Crippen LogP contribution in [0.5, 0.6) is 5.75 Å². The number of oxazole rings is 1. The number of halogens is 1. The molecule has 3 aromatic rings. The fourth-order valence-electron chi connectivity index (χ4n) is 3.38. The number of hydrogen-bond acceptors (Lipinski definition) is 6. The minimum absolute atomic E-state index is 0.278. The van der Waals surface area contributed by atoms with Crippen LogP contribution in [0.4, 0.5) is 0 Å². The third-order valence-corrected chi connectivity index (χ3v) is 5.18. The van der Waals surface area contributed by atoms with E-state index in [9.17, 15) is 4.79 Å². The molecule has 1 aromatic carbocycles. The SMILES string of the molecule is Cc1nc(C2CCCCC2)oc1COc1ccc(-c2noc(=O)[nH]2)c(Cl)c1. The van der Waals surface area contributed by atoms with Gasteiger partial charge in [-0.05, 0) is 38.0 Å². The van der Waals surface area contributed by atoms with E-state index < -0.39 is 5.76 Å². The molecular formula is C19H20ClN3O4. The maximum absolute atomic E-state index is 11.1. The summed E-state index contributed by atoms with van der Waals surface area (Å²) in [5.41, 5.74) is 1.42. The van der Waals surface area contributed by atoms with Gasteiger partial charge in [-0.25, -0.2) is 9.78 Å². The van der Waals surface area contributed by atoms with Gasteiger partial charge in [0.25, 0.3) is 0 Å². The predicted octanol–water partition coefficient (Wildman–Crippen LogP) is 4.61. The van der Waals surface area contributed by atoms with E-state index >= 15 is 0 Å². The number of rotatable bonds is 5. The first-order chi connectivity index (χ1) is 13.1. The van der Waals surface area contributed by atoms with Gasteiger partial charge in [-0.15, -0.1) is 0 Å². The van der Waals surface area contributed by atoms with Crippen molar-refractivity contribution in [2.45, 2.75) is 51.6 Å². The summed E-state index contributed by atoms with van der Waals surface area (Å²) in [4.78, 5) is 18.1. The summed E-state index contributed by atoms with van der Waals surface area (Å²) in [6.07, 6.45) is 6.05. The lowest BCUT2D eigenvalue weighted by Gasteiger charge is -2.17. The number of H-pyrrole nitrogens is 1. The van der Waals surface area contributed by atoms with E-state index in [4.69, 9.17) is 20.8 Å². The summed E-state index contributed by atoms with van der Waals surface area (Å²) < 4.78 is 16.3. The molecule has 0 aliphatic heterocycles. The lowest BCUT2D eigenvalue weighted by Crippen LogP contribution is -2.04. The Balaban J connectivity index is 1.45. The number of aromatic nitrogens is 3. The topological polar surface area (TPSA) is 94.2 Å². The van der Waals surface area contributed by atoms with Gasteiger partial charge in [0.15, 0.2) is 17.5 Å². The third-order valence-electron chi connectivity index (χ3n) is 4.87. The van der Waals surface area contributed by atoms with Crippen LogP contribution >= 0.6 is 11.6 Å². The second kappa shape index (κ2) is 7.60. The molecule has 27 heavy (non-hydrogen) atoms. The molecule has 7 nitrogen and oxygen atoms in total. The fourth-order valence-corrected chi connectivity index (χ4v) is 3.64. The van der Waals surface area contributed by atoms with Crippen LogP contribution in [0.3, 0.4) is 0 Å². The highest BCUT2D eigenvalue weighted by atomic mass is 35.5. The highest BCUT2D eigenvalue weighted by Crippen LogP contribution is 2.33. The Morgan fingerprint density at radius 3 is 2.81 bits per heavy atom. The summed E-state index contributed by atoms with van der Waals surface area (Å²) in [5, 5.41) is 4.03. The van der Waals surface area contributed by atoms with Crippen LogP contribution in [0.25, 0.3) is 11.4 Å². The summed E-state index contributed by atoms with van der Waals surface area (Å²) >= 11 is 6.27. The van der Waals surface area contributed by atoms with Crippen molar-refractivity contribution in [3.8, 4) is 17.1 Å². The van der Waals surface area contributed by atoms with E-state index in [1.807, 2.05) is 6.92 Å². The molecule has 0 amide bonds. The molecule has 2 aromatic heterocycles. The van der Waals surface area contributed by atoms with E-state index in [1.54, 1.807) is 18.2 Å². The number of ether oxygens (including phenoxy) is 1. The Kier molecular flexibility index (Phi) is 5.03. The molecule has 0 unspecified atom stereocenters. The molecule has 1 N–H and O–H groups in total. The van der Waals surface area contributed by atoms with Crippen molar-refractivity contribution >= 4 is 11.6 Å². The van der Waals surface area contributed by atoms with Crippen LogP contribution in [-0.4, -0.2) is 15.1 Å². The van der Waals surface area contributed by atoms with Crippen LogP contribution < -0.4 is 10.5 Å². The van der Waals surface area contributed by atoms with Crippen molar-refractivity contribution in [3.05, 3.63) is 51.1 Å². The molecule has 0 radical (unpaired) electrons. The van der Waals surface area contributed by atoms with Crippen molar-refractivity contribution in [3.63, 3.8) is 0 Å². The van der Waals surface area contributed by atoms with E-state index in [1.165, 1.54) is 19.3 Å². The van der Waals surface area contributed by atoms with Gasteiger partial charge in [0.05, 0.1) is 10.7 Å². The molecule has 0 spiro atoms. The first-order valence-corrected chi connectivity index (χ1v) is 9.43. The highest BCUT2D eigenvalue weighted by molar-refractivity contribution is 6.33. The molecule has 4 rings (SSSR count). The number of nitrogens with one attached hydrogen (secondary N) is 1. The van der Waals surface area contributed by atoms with E-state index in [0.29, 0.717) is 22.3 Å². The molecule has 0 saturated heterocycles. The van der Waals surface area contributed by atoms with Crippen molar-refractivity contribution in [1.82, 2.24) is 15.1 Å². The van der Waals surface area contributed by atoms with Crippen LogP contribution in [0.1, 0.15) is 55.4 Å². The van der Waals surface area contributed by atoms with Gasteiger partial charge in [0, 0.05) is 11.5 Å². The first-order valence-electron chi connectivity index (χ1n) is 9.05. The Morgan fingerprint density at radius 2 is 2.11 bits per heavy atom. The van der Waals surface area contributed by atoms with Gasteiger partial charge in [0.2, 0.25) is 0 Å². The van der Waals surface area contributed by atoms with Crippen LogP contribution in [0, 0.1) is 6.92 Å². The highest BCUT2D eigenvalue weighted by Gasteiger charge is 2.22. The molecule has 2 heterocycles. The monoisotopic (exact) mass is 389 g/mol. The van der Waals surface area contributed by atoms with Crippen molar-refractivity contribution in [2.75, 3.05) is 0 Å². The molecule has 1 aliphatic carbocycles. The largest absolute Gasteiger partial charge is 0.486 e. The average molecular weight is 390 g/mol. The molecule has 0 atom stereocenters. The van der Waals surface area contributed by atoms with Gasteiger partial charge in [-0.2, -0.15) is 0 Å². The van der Waals surface area contributed by atoms with E-state index in [-0.39, 0.29) is 12.4 Å². The third kappa shape index (κ3) is 3.93. The minimum atomic E-state index is -0.629. The number of nitrogens with zero attached hydrogens (tertiary/aromatic N) is 2. The van der Waals surface area contributed by atoms with Crippen molar-refractivity contribution in [2.24, 2.45) is 0 Å². The number of aryl methyl sites for hydroxylation is 1. The minimum Gasteiger partial charge on any atom is -0.486 e. The molecule has 142 valence electrons. The summed E-state index contributed by atoms with van der Waals surface area (Å²) in [5.74, 6) is 2.22. The Hall–Kier alpha value is -2.54. The van der Waals surface area contributed by atoms with Crippen molar-refractivity contribution < 1.29 is 13.7 Å².